The molecule has 7 nitrogen and oxygen atoms in total. The van der Waals surface area contributed by atoms with Gasteiger partial charge in [0, 0.05) is 38.8 Å². The van der Waals surface area contributed by atoms with Crippen molar-refractivity contribution in [1.29, 1.82) is 0 Å². The Morgan fingerprint density at radius 2 is 1.90 bits per heavy atom. The molecule has 160 valence electrons. The van der Waals surface area contributed by atoms with Crippen LogP contribution in [0, 0.1) is 0 Å². The van der Waals surface area contributed by atoms with Crippen molar-refractivity contribution in [3.05, 3.63) is 52.1 Å². The number of carbonyl (C=O) groups excluding carboxylic acids is 2. The minimum absolute atomic E-state index is 0.159. The van der Waals surface area contributed by atoms with Gasteiger partial charge in [-0.05, 0) is 59.1 Å². The van der Waals surface area contributed by atoms with Crippen LogP contribution in [0.25, 0.3) is 0 Å². The monoisotopic (exact) mass is 475 g/mol. The van der Waals surface area contributed by atoms with Gasteiger partial charge in [-0.1, -0.05) is 6.07 Å². The summed E-state index contributed by atoms with van der Waals surface area (Å²) in [6.45, 7) is 4.86. The molecule has 1 aromatic carbocycles. The molecule has 1 saturated heterocycles. The lowest BCUT2D eigenvalue weighted by Gasteiger charge is -2.35. The second kappa shape index (κ2) is 10.4. The highest BCUT2D eigenvalue weighted by atomic mass is 79.9. The lowest BCUT2D eigenvalue weighted by atomic mass is 10.1. The Balaban J connectivity index is 1.48. The van der Waals surface area contributed by atoms with Gasteiger partial charge in [0.25, 0.3) is 0 Å². The van der Waals surface area contributed by atoms with E-state index in [1.54, 1.807) is 20.1 Å². The second-order valence-electron chi connectivity index (χ2n) is 6.96. The largest absolute Gasteiger partial charge is 0.496 e. The van der Waals surface area contributed by atoms with E-state index in [-0.39, 0.29) is 11.9 Å². The van der Waals surface area contributed by atoms with E-state index in [4.69, 9.17) is 9.47 Å². The molecule has 0 atom stereocenters. The van der Waals surface area contributed by atoms with Crippen LogP contribution in [0.15, 0.2) is 41.0 Å². The quantitative estimate of drug-likeness (QED) is 0.572. The summed E-state index contributed by atoms with van der Waals surface area (Å²) in [6.07, 6.45) is 2.71. The van der Waals surface area contributed by atoms with Gasteiger partial charge in [-0.15, -0.1) is 0 Å². The van der Waals surface area contributed by atoms with Gasteiger partial charge in [0.2, 0.25) is 5.91 Å². The van der Waals surface area contributed by atoms with Crippen molar-refractivity contribution < 1.29 is 19.1 Å². The Bertz CT molecular complexity index is 880. The number of piperazine rings is 1. The molecule has 1 amide bonds. The first-order valence-electron chi connectivity index (χ1n) is 10.00. The summed E-state index contributed by atoms with van der Waals surface area (Å²) in [5, 5.41) is 0. The first-order chi connectivity index (χ1) is 14.5. The summed E-state index contributed by atoms with van der Waals surface area (Å²) >= 11 is 3.48. The van der Waals surface area contributed by atoms with Gasteiger partial charge >= 0.3 is 5.97 Å². The molecule has 1 fully saturated rings. The van der Waals surface area contributed by atoms with Crippen LogP contribution in [-0.4, -0.2) is 61.7 Å². The van der Waals surface area contributed by atoms with Crippen molar-refractivity contribution in [2.75, 3.05) is 44.8 Å². The van der Waals surface area contributed by atoms with E-state index in [1.165, 1.54) is 6.20 Å². The molecular weight excluding hydrogens is 450 g/mol. The molecule has 0 saturated carbocycles. The minimum atomic E-state index is -0.365. The molecule has 1 aliphatic rings. The summed E-state index contributed by atoms with van der Waals surface area (Å²) < 4.78 is 11.1. The van der Waals surface area contributed by atoms with Gasteiger partial charge in [0.05, 0.1) is 23.8 Å². The predicted molar refractivity (Wildman–Crippen MR) is 118 cm³/mol. The minimum Gasteiger partial charge on any atom is -0.496 e. The maximum atomic E-state index is 12.6. The molecule has 0 aliphatic carbocycles. The zero-order valence-corrected chi connectivity index (χ0v) is 18.9. The van der Waals surface area contributed by atoms with E-state index in [0.29, 0.717) is 51.2 Å². The number of hydrogen-bond donors (Lipinski definition) is 0. The van der Waals surface area contributed by atoms with Crippen LogP contribution in [-0.2, 0) is 16.0 Å². The molecule has 0 bridgehead atoms. The summed E-state index contributed by atoms with van der Waals surface area (Å²) in [4.78, 5) is 32.8. The molecule has 8 heteroatoms. The van der Waals surface area contributed by atoms with Crippen molar-refractivity contribution in [1.82, 2.24) is 9.88 Å². The number of esters is 1. The zero-order valence-electron chi connectivity index (χ0n) is 17.3. The number of rotatable bonds is 7. The number of benzene rings is 1. The summed E-state index contributed by atoms with van der Waals surface area (Å²) in [7, 11) is 1.63. The number of anilines is 1. The average molecular weight is 476 g/mol. The van der Waals surface area contributed by atoms with Gasteiger partial charge in [-0.2, -0.15) is 0 Å². The van der Waals surface area contributed by atoms with E-state index >= 15 is 0 Å². The van der Waals surface area contributed by atoms with Gasteiger partial charge in [0.15, 0.2) is 0 Å². The summed E-state index contributed by atoms with van der Waals surface area (Å²) in [5.74, 6) is 1.38. The van der Waals surface area contributed by atoms with Crippen molar-refractivity contribution in [3.63, 3.8) is 0 Å². The van der Waals surface area contributed by atoms with Gasteiger partial charge in [-0.25, -0.2) is 9.78 Å². The SMILES string of the molecule is CCOC(=O)c1ccc(N2CCN(C(=O)CCc3ccc(OC)c(Br)c3)CC2)nc1. The van der Waals surface area contributed by atoms with Crippen LogP contribution in [0.1, 0.15) is 29.3 Å². The number of nitrogens with zero attached hydrogens (tertiary/aromatic N) is 3. The molecule has 0 radical (unpaired) electrons. The molecule has 30 heavy (non-hydrogen) atoms. The maximum Gasteiger partial charge on any atom is 0.339 e. The van der Waals surface area contributed by atoms with Crippen molar-refractivity contribution >= 4 is 33.6 Å². The first-order valence-corrected chi connectivity index (χ1v) is 10.8. The number of ether oxygens (including phenoxy) is 2. The Labute approximate surface area is 185 Å². The third kappa shape index (κ3) is 5.50. The topological polar surface area (TPSA) is 72.0 Å². The Morgan fingerprint density at radius 3 is 2.50 bits per heavy atom. The first kappa shape index (κ1) is 22.1. The van der Waals surface area contributed by atoms with Crippen LogP contribution >= 0.6 is 15.9 Å². The van der Waals surface area contributed by atoms with Crippen molar-refractivity contribution in [2.45, 2.75) is 19.8 Å². The maximum absolute atomic E-state index is 12.6. The van der Waals surface area contributed by atoms with Crippen LogP contribution in [0.4, 0.5) is 5.82 Å². The third-order valence-corrected chi connectivity index (χ3v) is 5.68. The number of aromatic nitrogens is 1. The molecule has 1 aromatic heterocycles. The van der Waals surface area contributed by atoms with Crippen LogP contribution in [0.3, 0.4) is 0 Å². The Hall–Kier alpha value is -2.61. The highest BCUT2D eigenvalue weighted by molar-refractivity contribution is 9.10. The van der Waals surface area contributed by atoms with Crippen LogP contribution in [0.5, 0.6) is 5.75 Å². The van der Waals surface area contributed by atoms with Crippen molar-refractivity contribution in [2.24, 2.45) is 0 Å². The fourth-order valence-corrected chi connectivity index (χ4v) is 3.96. The Morgan fingerprint density at radius 1 is 1.13 bits per heavy atom. The van der Waals surface area contributed by atoms with E-state index in [9.17, 15) is 9.59 Å². The summed E-state index contributed by atoms with van der Waals surface area (Å²) in [6, 6.07) is 9.44. The van der Waals surface area contributed by atoms with E-state index in [1.807, 2.05) is 29.2 Å². The average Bonchev–Trinajstić information content (AvgIpc) is 2.78. The number of methoxy groups -OCH3 is 1. The van der Waals surface area contributed by atoms with E-state index < -0.39 is 0 Å². The molecule has 1 aliphatic heterocycles. The van der Waals surface area contributed by atoms with Crippen molar-refractivity contribution in [3.8, 4) is 5.75 Å². The Kier molecular flexibility index (Phi) is 7.68. The number of aryl methyl sites for hydroxylation is 1. The predicted octanol–water partition coefficient (Wildman–Crippen LogP) is 3.31. The van der Waals surface area contributed by atoms with Crippen LogP contribution in [0.2, 0.25) is 0 Å². The fourth-order valence-electron chi connectivity index (χ4n) is 3.37. The third-order valence-electron chi connectivity index (χ3n) is 5.06. The standard InChI is InChI=1S/C22H26BrN3O4/c1-3-30-22(28)17-6-8-20(24-15-17)25-10-12-26(13-11-25)21(27)9-5-16-4-7-19(29-2)18(23)14-16/h4,6-8,14-15H,3,5,9-13H2,1-2H3. The highest BCUT2D eigenvalue weighted by Gasteiger charge is 2.22. The number of hydrogen-bond acceptors (Lipinski definition) is 6. The van der Waals surface area contributed by atoms with Gasteiger partial charge in [0.1, 0.15) is 11.6 Å². The molecule has 0 spiro atoms. The molecule has 0 N–H and O–H groups in total. The zero-order chi connectivity index (χ0) is 21.5. The van der Waals surface area contributed by atoms with E-state index in [2.05, 4.69) is 25.8 Å². The lowest BCUT2D eigenvalue weighted by Crippen LogP contribution is -2.49. The fraction of sp³-hybridized carbons (Fsp3) is 0.409. The van der Waals surface area contributed by atoms with Gasteiger partial charge < -0.3 is 19.3 Å². The number of halogens is 1. The smallest absolute Gasteiger partial charge is 0.339 e. The summed E-state index contributed by atoms with van der Waals surface area (Å²) in [5.41, 5.74) is 1.54. The van der Waals surface area contributed by atoms with Gasteiger partial charge in [-0.3, -0.25) is 4.79 Å². The normalized spacial score (nSPS) is 13.8. The number of amides is 1. The number of pyridine rings is 1. The van der Waals surface area contributed by atoms with E-state index in [0.717, 1.165) is 21.6 Å². The lowest BCUT2D eigenvalue weighted by molar-refractivity contribution is -0.131. The molecule has 3 rings (SSSR count). The molecule has 0 unspecified atom stereocenters. The second-order valence-corrected chi connectivity index (χ2v) is 7.82. The molecule has 2 aromatic rings. The molecule has 2 heterocycles. The number of carbonyl (C=O) groups is 2. The highest BCUT2D eigenvalue weighted by Crippen LogP contribution is 2.26. The molecular formula is C22H26BrN3O4. The van der Waals surface area contributed by atoms with Crippen LogP contribution < -0.4 is 9.64 Å².